The number of hydrogen-bond acceptors (Lipinski definition) is 6. The summed E-state index contributed by atoms with van der Waals surface area (Å²) in [5.41, 5.74) is 2.34. The number of methoxy groups -OCH3 is 1. The summed E-state index contributed by atoms with van der Waals surface area (Å²) in [5.74, 6) is 0.909. The van der Waals surface area contributed by atoms with Gasteiger partial charge in [0.1, 0.15) is 17.6 Å². The Morgan fingerprint density at radius 1 is 1.08 bits per heavy atom. The first-order valence-electron chi connectivity index (χ1n) is 12.9. The average molecular weight is 518 g/mol. The van der Waals surface area contributed by atoms with Crippen molar-refractivity contribution in [2.45, 2.75) is 69.1 Å². The van der Waals surface area contributed by atoms with Gasteiger partial charge < -0.3 is 18.9 Å². The van der Waals surface area contributed by atoms with Gasteiger partial charge in [-0.3, -0.25) is 9.69 Å². The normalized spacial score (nSPS) is 26.5. The second-order valence-corrected chi connectivity index (χ2v) is 10.4. The Morgan fingerprint density at radius 2 is 1.84 bits per heavy atom. The molecule has 2 bridgehead atoms. The summed E-state index contributed by atoms with van der Waals surface area (Å²) >= 11 is 0. The predicted octanol–water partition coefficient (Wildman–Crippen LogP) is 5.17. The SMILES string of the molecule is COC(=O)CC1COc2cc(O[C@@H]3CCc4c3ccc(C(F)(F)F)c4CN3CC4CCC(C3)O4)ccc21. The van der Waals surface area contributed by atoms with Crippen molar-refractivity contribution in [2.24, 2.45) is 0 Å². The van der Waals surface area contributed by atoms with Crippen LogP contribution in [0.3, 0.4) is 0 Å². The minimum Gasteiger partial charge on any atom is -0.492 e. The number of esters is 1. The van der Waals surface area contributed by atoms with Gasteiger partial charge in [0.25, 0.3) is 0 Å². The van der Waals surface area contributed by atoms with Crippen LogP contribution >= 0.6 is 0 Å². The summed E-state index contributed by atoms with van der Waals surface area (Å²) in [6, 6.07) is 8.34. The van der Waals surface area contributed by atoms with Crippen LogP contribution in [0.2, 0.25) is 0 Å². The second kappa shape index (κ2) is 9.51. The van der Waals surface area contributed by atoms with Crippen LogP contribution in [0.25, 0.3) is 0 Å². The lowest BCUT2D eigenvalue weighted by Gasteiger charge is -2.33. The van der Waals surface area contributed by atoms with Crippen molar-refractivity contribution in [3.8, 4) is 11.5 Å². The second-order valence-electron chi connectivity index (χ2n) is 10.4. The molecule has 3 heterocycles. The number of benzene rings is 2. The Kier molecular flexibility index (Phi) is 6.31. The highest BCUT2D eigenvalue weighted by Crippen LogP contribution is 2.44. The number of morpholine rings is 1. The molecule has 0 N–H and O–H groups in total. The average Bonchev–Trinajstić information content (AvgIpc) is 3.55. The Morgan fingerprint density at radius 3 is 2.57 bits per heavy atom. The first kappa shape index (κ1) is 24.6. The zero-order valence-corrected chi connectivity index (χ0v) is 20.7. The molecule has 0 spiro atoms. The highest BCUT2D eigenvalue weighted by atomic mass is 19.4. The van der Waals surface area contributed by atoms with Crippen LogP contribution in [-0.4, -0.2) is 49.9 Å². The molecular weight excluding hydrogens is 487 g/mol. The highest BCUT2D eigenvalue weighted by molar-refractivity contribution is 5.71. The molecule has 6 rings (SSSR count). The van der Waals surface area contributed by atoms with Gasteiger partial charge in [0.05, 0.1) is 37.9 Å². The van der Waals surface area contributed by atoms with Crippen molar-refractivity contribution in [3.63, 3.8) is 0 Å². The van der Waals surface area contributed by atoms with Crippen LogP contribution in [0.15, 0.2) is 30.3 Å². The van der Waals surface area contributed by atoms with Gasteiger partial charge in [-0.1, -0.05) is 12.1 Å². The van der Waals surface area contributed by atoms with Crippen LogP contribution in [0.1, 0.15) is 65.5 Å². The minimum atomic E-state index is -4.41. The van der Waals surface area contributed by atoms with Crippen molar-refractivity contribution in [1.82, 2.24) is 4.90 Å². The van der Waals surface area contributed by atoms with E-state index < -0.39 is 11.7 Å². The third kappa shape index (κ3) is 4.79. The maximum atomic E-state index is 14.0. The molecule has 0 radical (unpaired) electrons. The lowest BCUT2D eigenvalue weighted by Crippen LogP contribution is -2.42. The Hall–Kier alpha value is -2.78. The Balaban J connectivity index is 1.23. The van der Waals surface area contributed by atoms with Gasteiger partial charge in [-0.15, -0.1) is 0 Å². The number of rotatable bonds is 6. The summed E-state index contributed by atoms with van der Waals surface area (Å²) in [5, 5.41) is 0. The number of alkyl halides is 3. The van der Waals surface area contributed by atoms with Gasteiger partial charge in [0.15, 0.2) is 0 Å². The molecule has 2 fully saturated rings. The van der Waals surface area contributed by atoms with Crippen LogP contribution < -0.4 is 9.47 Å². The molecule has 2 aromatic rings. The molecule has 37 heavy (non-hydrogen) atoms. The standard InChI is InChI=1S/C28H30F3NO5/c1-34-27(33)10-16-15-35-26-11-17(4-5-20(16)26)37-25-9-7-21-22(25)6-8-24(28(29,30)31)23(21)14-32-12-18-2-3-19(13-32)36-18/h4-6,8,11,16,18-19,25H,2-3,7,9-10,12-15H2,1H3/t16?,18?,19?,25-/m1/s1. The third-order valence-corrected chi connectivity index (χ3v) is 8.06. The molecule has 0 saturated carbocycles. The summed E-state index contributed by atoms with van der Waals surface area (Å²) in [4.78, 5) is 13.8. The minimum absolute atomic E-state index is 0.0671. The molecule has 9 heteroatoms. The van der Waals surface area contributed by atoms with Crippen molar-refractivity contribution in [2.75, 3.05) is 26.8 Å². The predicted molar refractivity (Wildman–Crippen MR) is 128 cm³/mol. The molecule has 4 aliphatic rings. The van der Waals surface area contributed by atoms with Crippen LogP contribution in [0.4, 0.5) is 13.2 Å². The topological polar surface area (TPSA) is 57.2 Å². The number of carbonyl (C=O) groups excluding carboxylic acids is 1. The fraction of sp³-hybridized carbons (Fsp3) is 0.536. The maximum absolute atomic E-state index is 14.0. The Bertz CT molecular complexity index is 1190. The van der Waals surface area contributed by atoms with Gasteiger partial charge >= 0.3 is 12.1 Å². The molecular formula is C28H30F3NO5. The number of nitrogens with zero attached hydrogens (tertiary/aromatic N) is 1. The Labute approximate surface area is 213 Å². The van der Waals surface area contributed by atoms with E-state index in [-0.39, 0.29) is 43.2 Å². The molecule has 0 amide bonds. The van der Waals surface area contributed by atoms with E-state index in [2.05, 4.69) is 4.90 Å². The molecule has 0 aromatic heterocycles. The van der Waals surface area contributed by atoms with Gasteiger partial charge in [-0.05, 0) is 54.5 Å². The summed E-state index contributed by atoms with van der Waals surface area (Å²) < 4.78 is 64.8. The lowest BCUT2D eigenvalue weighted by atomic mass is 9.96. The molecule has 198 valence electrons. The summed E-state index contributed by atoms with van der Waals surface area (Å²) in [7, 11) is 1.36. The number of ether oxygens (including phenoxy) is 4. The third-order valence-electron chi connectivity index (χ3n) is 8.06. The molecule has 4 atom stereocenters. The molecule has 1 aliphatic carbocycles. The van der Waals surface area contributed by atoms with Crippen molar-refractivity contribution < 1.29 is 36.9 Å². The van der Waals surface area contributed by atoms with E-state index >= 15 is 0 Å². The van der Waals surface area contributed by atoms with Gasteiger partial charge in [-0.25, -0.2) is 0 Å². The fourth-order valence-electron chi connectivity index (χ4n) is 6.31. The van der Waals surface area contributed by atoms with Crippen molar-refractivity contribution in [1.29, 1.82) is 0 Å². The number of hydrogen-bond donors (Lipinski definition) is 0. The van der Waals surface area contributed by atoms with E-state index in [0.717, 1.165) is 29.5 Å². The van der Waals surface area contributed by atoms with E-state index in [4.69, 9.17) is 18.9 Å². The number of halogens is 3. The summed E-state index contributed by atoms with van der Waals surface area (Å²) in [6.07, 6.45) is -1.15. The monoisotopic (exact) mass is 517 g/mol. The largest absolute Gasteiger partial charge is 0.492 e. The van der Waals surface area contributed by atoms with E-state index in [1.807, 2.05) is 12.1 Å². The van der Waals surface area contributed by atoms with Crippen LogP contribution in [-0.2, 0) is 33.4 Å². The molecule has 3 unspecified atom stereocenters. The zero-order chi connectivity index (χ0) is 25.7. The summed E-state index contributed by atoms with van der Waals surface area (Å²) in [6.45, 7) is 2.01. The first-order chi connectivity index (χ1) is 17.8. The molecule has 6 nitrogen and oxygen atoms in total. The fourth-order valence-corrected chi connectivity index (χ4v) is 6.31. The van der Waals surface area contributed by atoms with Crippen LogP contribution in [0.5, 0.6) is 11.5 Å². The van der Waals surface area contributed by atoms with E-state index in [1.54, 1.807) is 12.1 Å². The lowest BCUT2D eigenvalue weighted by molar-refractivity contribution is -0.141. The number of carbonyl (C=O) groups is 1. The maximum Gasteiger partial charge on any atom is 0.416 e. The quantitative estimate of drug-likeness (QED) is 0.493. The van der Waals surface area contributed by atoms with E-state index in [1.165, 1.54) is 13.2 Å². The van der Waals surface area contributed by atoms with Gasteiger partial charge in [-0.2, -0.15) is 13.2 Å². The highest BCUT2D eigenvalue weighted by Gasteiger charge is 2.40. The molecule has 2 saturated heterocycles. The zero-order valence-electron chi connectivity index (χ0n) is 20.7. The number of fused-ring (bicyclic) bond motifs is 4. The van der Waals surface area contributed by atoms with E-state index in [9.17, 15) is 18.0 Å². The number of likely N-dealkylation sites (tertiary alicyclic amines) is 1. The molecule has 2 aromatic carbocycles. The van der Waals surface area contributed by atoms with Crippen molar-refractivity contribution >= 4 is 5.97 Å². The van der Waals surface area contributed by atoms with E-state index in [0.29, 0.717) is 49.6 Å². The van der Waals surface area contributed by atoms with Crippen molar-refractivity contribution in [3.05, 3.63) is 58.1 Å². The van der Waals surface area contributed by atoms with Gasteiger partial charge in [0.2, 0.25) is 0 Å². The van der Waals surface area contributed by atoms with Gasteiger partial charge in [0, 0.05) is 37.2 Å². The smallest absolute Gasteiger partial charge is 0.416 e. The first-order valence-corrected chi connectivity index (χ1v) is 12.9. The molecule has 3 aliphatic heterocycles. The van der Waals surface area contributed by atoms with Crippen LogP contribution in [0, 0.1) is 0 Å².